The summed E-state index contributed by atoms with van der Waals surface area (Å²) in [5.41, 5.74) is 3.01. The number of benzene rings is 2. The van der Waals surface area contributed by atoms with Gasteiger partial charge in [-0.25, -0.2) is 4.39 Å². The number of likely N-dealkylation sites (tertiary alicyclic amines) is 1. The van der Waals surface area contributed by atoms with Crippen LogP contribution in [0.4, 0.5) is 10.1 Å². The highest BCUT2D eigenvalue weighted by Gasteiger charge is 2.30. The molecule has 0 unspecified atom stereocenters. The second-order valence-electron chi connectivity index (χ2n) is 6.81. The van der Waals surface area contributed by atoms with Crippen molar-refractivity contribution in [3.8, 4) is 0 Å². The van der Waals surface area contributed by atoms with Gasteiger partial charge in [0.05, 0.1) is 11.5 Å². The van der Waals surface area contributed by atoms with Gasteiger partial charge in [-0.2, -0.15) is 0 Å². The quantitative estimate of drug-likeness (QED) is 0.908. The van der Waals surface area contributed by atoms with Crippen molar-refractivity contribution in [1.29, 1.82) is 0 Å². The molecule has 1 atom stereocenters. The van der Waals surface area contributed by atoms with E-state index in [1.54, 1.807) is 17.0 Å². The first kappa shape index (κ1) is 18.1. The summed E-state index contributed by atoms with van der Waals surface area (Å²) in [4.78, 5) is 26.9. The number of piperidine rings is 1. The van der Waals surface area contributed by atoms with E-state index in [1.807, 2.05) is 32.0 Å². The lowest BCUT2D eigenvalue weighted by Crippen LogP contribution is -2.44. The molecule has 1 saturated heterocycles. The third-order valence-corrected chi connectivity index (χ3v) is 5.05. The van der Waals surface area contributed by atoms with E-state index in [4.69, 9.17) is 0 Å². The number of nitrogens with one attached hydrogen (secondary N) is 1. The first-order valence-corrected chi connectivity index (χ1v) is 8.88. The van der Waals surface area contributed by atoms with Crippen molar-refractivity contribution in [3.05, 3.63) is 65.0 Å². The zero-order chi connectivity index (χ0) is 18.7. The predicted molar refractivity (Wildman–Crippen MR) is 99.6 cm³/mol. The Bertz CT molecular complexity index is 835. The van der Waals surface area contributed by atoms with Gasteiger partial charge in [0.15, 0.2) is 0 Å². The molecule has 1 fully saturated rings. The molecule has 4 nitrogen and oxygen atoms in total. The monoisotopic (exact) mass is 354 g/mol. The molecule has 3 rings (SSSR count). The van der Waals surface area contributed by atoms with Crippen LogP contribution >= 0.6 is 0 Å². The van der Waals surface area contributed by atoms with Crippen LogP contribution in [0.5, 0.6) is 0 Å². The van der Waals surface area contributed by atoms with Crippen molar-refractivity contribution in [2.24, 2.45) is 5.92 Å². The van der Waals surface area contributed by atoms with Crippen LogP contribution in [0, 0.1) is 25.6 Å². The van der Waals surface area contributed by atoms with Gasteiger partial charge < -0.3 is 10.2 Å². The Morgan fingerprint density at radius 1 is 1.12 bits per heavy atom. The third kappa shape index (κ3) is 3.77. The van der Waals surface area contributed by atoms with Crippen molar-refractivity contribution in [3.63, 3.8) is 0 Å². The first-order chi connectivity index (χ1) is 12.5. The molecule has 1 aliphatic heterocycles. The van der Waals surface area contributed by atoms with Crippen molar-refractivity contribution < 1.29 is 14.0 Å². The summed E-state index contributed by atoms with van der Waals surface area (Å²) in [6, 6.07) is 11.8. The van der Waals surface area contributed by atoms with Crippen molar-refractivity contribution in [1.82, 2.24) is 4.90 Å². The maximum atomic E-state index is 13.9. The molecule has 1 N–H and O–H groups in total. The molecule has 136 valence electrons. The molecular weight excluding hydrogens is 331 g/mol. The Balaban J connectivity index is 1.70. The Morgan fingerprint density at radius 2 is 1.88 bits per heavy atom. The summed E-state index contributed by atoms with van der Waals surface area (Å²) < 4.78 is 13.9. The fourth-order valence-corrected chi connectivity index (χ4v) is 3.30. The van der Waals surface area contributed by atoms with Gasteiger partial charge >= 0.3 is 0 Å². The van der Waals surface area contributed by atoms with E-state index in [1.165, 1.54) is 12.1 Å². The number of halogens is 1. The average Bonchev–Trinajstić information content (AvgIpc) is 2.65. The summed E-state index contributed by atoms with van der Waals surface area (Å²) >= 11 is 0. The number of carbonyl (C=O) groups is 2. The molecule has 0 spiro atoms. The minimum absolute atomic E-state index is 0.0584. The summed E-state index contributed by atoms with van der Waals surface area (Å²) in [5.74, 6) is -1.27. The molecule has 0 radical (unpaired) electrons. The minimum Gasteiger partial charge on any atom is -0.338 e. The summed E-state index contributed by atoms with van der Waals surface area (Å²) in [6.45, 7) is 4.82. The Morgan fingerprint density at radius 3 is 2.65 bits per heavy atom. The topological polar surface area (TPSA) is 49.4 Å². The smallest absolute Gasteiger partial charge is 0.256 e. The van der Waals surface area contributed by atoms with Crippen LogP contribution in [0.2, 0.25) is 0 Å². The van der Waals surface area contributed by atoms with Crippen LogP contribution in [0.3, 0.4) is 0 Å². The van der Waals surface area contributed by atoms with Crippen molar-refractivity contribution >= 4 is 17.5 Å². The average molecular weight is 354 g/mol. The molecule has 0 bridgehead atoms. The van der Waals surface area contributed by atoms with Crippen LogP contribution in [0.15, 0.2) is 42.5 Å². The molecule has 26 heavy (non-hydrogen) atoms. The fourth-order valence-electron chi connectivity index (χ4n) is 3.30. The largest absolute Gasteiger partial charge is 0.338 e. The number of hydrogen-bond acceptors (Lipinski definition) is 2. The predicted octanol–water partition coefficient (Wildman–Crippen LogP) is 3.93. The molecule has 0 aromatic heterocycles. The van der Waals surface area contributed by atoms with Gasteiger partial charge in [0.1, 0.15) is 5.82 Å². The van der Waals surface area contributed by atoms with E-state index in [0.29, 0.717) is 13.1 Å². The summed E-state index contributed by atoms with van der Waals surface area (Å²) in [7, 11) is 0. The van der Waals surface area contributed by atoms with E-state index in [9.17, 15) is 14.0 Å². The molecule has 2 amide bonds. The number of rotatable bonds is 3. The van der Waals surface area contributed by atoms with Gasteiger partial charge in [-0.1, -0.05) is 24.3 Å². The second kappa shape index (κ2) is 7.68. The zero-order valence-corrected chi connectivity index (χ0v) is 15.1. The number of hydrogen-bond donors (Lipinski definition) is 1. The van der Waals surface area contributed by atoms with Gasteiger partial charge in [0.2, 0.25) is 5.91 Å². The number of amides is 2. The standard InChI is InChI=1S/C21H23FN2O2/c1-14-7-5-11-19(15(14)2)23-20(25)16-8-6-12-24(13-16)21(26)17-9-3-4-10-18(17)22/h3-5,7,9-11,16H,6,8,12-13H2,1-2H3,(H,23,25)/t16-/m0/s1. The lowest BCUT2D eigenvalue weighted by Gasteiger charge is -2.32. The molecule has 2 aromatic rings. The number of carbonyl (C=O) groups excluding carboxylic acids is 2. The fraction of sp³-hybridized carbons (Fsp3) is 0.333. The minimum atomic E-state index is -0.528. The van der Waals surface area contributed by atoms with Gasteiger partial charge in [-0.3, -0.25) is 9.59 Å². The van der Waals surface area contributed by atoms with Crippen molar-refractivity contribution in [2.75, 3.05) is 18.4 Å². The molecule has 5 heteroatoms. The number of anilines is 1. The van der Waals surface area contributed by atoms with Crippen molar-refractivity contribution in [2.45, 2.75) is 26.7 Å². The van der Waals surface area contributed by atoms with Gasteiger partial charge in [-0.05, 0) is 56.0 Å². The van der Waals surface area contributed by atoms with E-state index < -0.39 is 5.82 Å². The second-order valence-corrected chi connectivity index (χ2v) is 6.81. The van der Waals surface area contributed by atoms with E-state index >= 15 is 0 Å². The van der Waals surface area contributed by atoms with Crippen LogP contribution in [0.25, 0.3) is 0 Å². The van der Waals surface area contributed by atoms with Crippen LogP contribution in [0.1, 0.15) is 34.3 Å². The SMILES string of the molecule is Cc1cccc(NC(=O)[C@H]2CCCN(C(=O)c3ccccc3F)C2)c1C. The van der Waals surface area contributed by atoms with Gasteiger partial charge in [-0.15, -0.1) is 0 Å². The van der Waals surface area contributed by atoms with Crippen LogP contribution in [-0.4, -0.2) is 29.8 Å². The lowest BCUT2D eigenvalue weighted by atomic mass is 9.96. The molecule has 1 heterocycles. The number of nitrogens with zero attached hydrogens (tertiary/aromatic N) is 1. The highest BCUT2D eigenvalue weighted by atomic mass is 19.1. The highest BCUT2D eigenvalue weighted by Crippen LogP contribution is 2.23. The summed E-state index contributed by atoms with van der Waals surface area (Å²) in [6.07, 6.45) is 1.45. The number of aryl methyl sites for hydroxylation is 1. The molecule has 2 aromatic carbocycles. The normalized spacial score (nSPS) is 17.0. The Labute approximate surface area is 153 Å². The maximum Gasteiger partial charge on any atom is 0.256 e. The molecule has 0 saturated carbocycles. The van der Waals surface area contributed by atoms with Crippen LogP contribution in [-0.2, 0) is 4.79 Å². The molecular formula is C21H23FN2O2. The van der Waals surface area contributed by atoms with Crippen LogP contribution < -0.4 is 5.32 Å². The molecule has 1 aliphatic rings. The van der Waals surface area contributed by atoms with E-state index in [-0.39, 0.29) is 23.3 Å². The first-order valence-electron chi connectivity index (χ1n) is 8.88. The lowest BCUT2D eigenvalue weighted by molar-refractivity contribution is -0.121. The summed E-state index contributed by atoms with van der Waals surface area (Å²) in [5, 5.41) is 2.98. The van der Waals surface area contributed by atoms with E-state index in [2.05, 4.69) is 5.32 Å². The maximum absolute atomic E-state index is 13.9. The van der Waals surface area contributed by atoms with E-state index in [0.717, 1.165) is 29.7 Å². The third-order valence-electron chi connectivity index (χ3n) is 5.05. The molecule has 0 aliphatic carbocycles. The zero-order valence-electron chi connectivity index (χ0n) is 15.1. The Hall–Kier alpha value is -2.69. The van der Waals surface area contributed by atoms with Gasteiger partial charge in [0.25, 0.3) is 5.91 Å². The Kier molecular flexibility index (Phi) is 5.35. The van der Waals surface area contributed by atoms with Gasteiger partial charge in [0, 0.05) is 18.8 Å². The highest BCUT2D eigenvalue weighted by molar-refractivity contribution is 5.96.